The average Bonchev–Trinajstić information content (AvgIpc) is 2.85. The minimum Gasteiger partial charge on any atom is -0.497 e. The van der Waals surface area contributed by atoms with Gasteiger partial charge in [0.1, 0.15) is 12.3 Å². The molecule has 0 spiro atoms. The van der Waals surface area contributed by atoms with Crippen LogP contribution in [-0.4, -0.2) is 35.9 Å². The lowest BCUT2D eigenvalue weighted by Gasteiger charge is -2.28. The summed E-state index contributed by atoms with van der Waals surface area (Å²) in [5.41, 5.74) is 3.39. The van der Waals surface area contributed by atoms with Crippen LogP contribution in [0.5, 0.6) is 5.75 Å². The average molecular weight is 433 g/mol. The summed E-state index contributed by atoms with van der Waals surface area (Å²) in [4.78, 5) is 27.1. The van der Waals surface area contributed by atoms with Gasteiger partial charge in [0, 0.05) is 37.0 Å². The molecule has 1 fully saturated rings. The Labute approximate surface area is 187 Å². The molecule has 1 amide bonds. The Hall–Kier alpha value is -3.61. The largest absolute Gasteiger partial charge is 0.497 e. The number of benzene rings is 2. The van der Waals surface area contributed by atoms with Crippen LogP contribution in [0.2, 0.25) is 0 Å². The highest BCUT2D eigenvalue weighted by atomic mass is 16.5. The molecule has 3 aromatic rings. The molecule has 0 aliphatic carbocycles. The number of methoxy groups -OCH3 is 1. The number of hydrogen-bond acceptors (Lipinski definition) is 5. The number of carbonyl (C=O) groups excluding carboxylic acids is 1. The predicted molar refractivity (Wildman–Crippen MR) is 125 cm³/mol. The maximum atomic E-state index is 12.4. The molecule has 1 aliphatic heterocycles. The molecule has 7 heteroatoms. The summed E-state index contributed by atoms with van der Waals surface area (Å²) in [6, 6.07) is 18.9. The van der Waals surface area contributed by atoms with Gasteiger partial charge < -0.3 is 15.0 Å². The normalized spacial score (nSPS) is 13.6. The highest BCUT2D eigenvalue weighted by molar-refractivity contribution is 5.75. The Balaban J connectivity index is 1.41. The lowest BCUT2D eigenvalue weighted by Crippen LogP contribution is -2.33. The van der Waals surface area contributed by atoms with E-state index in [-0.39, 0.29) is 18.0 Å². The lowest BCUT2D eigenvalue weighted by atomic mass is 10.1. The molecule has 0 radical (unpaired) electrons. The number of carbonyl (C=O) groups is 1. The molecule has 0 bridgehead atoms. The van der Waals surface area contributed by atoms with Crippen molar-refractivity contribution in [3.05, 3.63) is 76.6 Å². The van der Waals surface area contributed by atoms with Crippen molar-refractivity contribution in [3.8, 4) is 17.0 Å². The Morgan fingerprint density at radius 2 is 1.81 bits per heavy atom. The fourth-order valence-electron chi connectivity index (χ4n) is 3.89. The second kappa shape index (κ2) is 10.1. The third-order valence-electron chi connectivity index (χ3n) is 5.67. The van der Waals surface area contributed by atoms with E-state index < -0.39 is 0 Å². The first-order valence-corrected chi connectivity index (χ1v) is 11.0. The van der Waals surface area contributed by atoms with Gasteiger partial charge >= 0.3 is 0 Å². The van der Waals surface area contributed by atoms with Crippen molar-refractivity contribution >= 4 is 11.6 Å². The van der Waals surface area contributed by atoms with Crippen LogP contribution in [0.1, 0.15) is 24.8 Å². The Kier molecular flexibility index (Phi) is 6.84. The van der Waals surface area contributed by atoms with E-state index in [2.05, 4.69) is 27.4 Å². The first-order valence-electron chi connectivity index (χ1n) is 11.0. The molecule has 1 N–H and O–H groups in total. The molecule has 166 valence electrons. The zero-order chi connectivity index (χ0) is 22.3. The smallest absolute Gasteiger partial charge is 0.267 e. The molecule has 4 rings (SSSR count). The topological polar surface area (TPSA) is 76.5 Å². The van der Waals surface area contributed by atoms with E-state index in [1.807, 2.05) is 36.4 Å². The van der Waals surface area contributed by atoms with Crippen molar-refractivity contribution in [1.29, 1.82) is 0 Å². The van der Waals surface area contributed by atoms with Crippen LogP contribution >= 0.6 is 0 Å². The standard InChI is InChI=1S/C25H28N4O3/c1-32-22-7-5-6-19(16-22)17-26-24(30)18-29-25(31)13-12-23(27-29)20-8-10-21(11-9-20)28-14-3-2-4-15-28/h5-13,16H,2-4,14-15,17-18H2,1H3,(H,26,30). The number of ether oxygens (including phenoxy) is 1. The molecule has 2 heterocycles. The van der Waals surface area contributed by atoms with Gasteiger partial charge in [-0.15, -0.1) is 0 Å². The van der Waals surface area contributed by atoms with Crippen LogP contribution in [-0.2, 0) is 17.9 Å². The van der Waals surface area contributed by atoms with E-state index in [0.717, 1.165) is 30.0 Å². The second-order valence-corrected chi connectivity index (χ2v) is 7.94. The molecule has 32 heavy (non-hydrogen) atoms. The molecule has 1 aromatic heterocycles. The first kappa shape index (κ1) is 21.6. The van der Waals surface area contributed by atoms with Gasteiger partial charge in [-0.05, 0) is 55.2 Å². The summed E-state index contributed by atoms with van der Waals surface area (Å²) in [5.74, 6) is 0.452. The third-order valence-corrected chi connectivity index (χ3v) is 5.67. The molecule has 1 aliphatic rings. The highest BCUT2D eigenvalue weighted by Crippen LogP contribution is 2.23. The molecule has 2 aromatic carbocycles. The van der Waals surface area contributed by atoms with Gasteiger partial charge in [0.15, 0.2) is 0 Å². The molecular formula is C25H28N4O3. The van der Waals surface area contributed by atoms with Gasteiger partial charge in [-0.3, -0.25) is 9.59 Å². The molecule has 0 saturated carbocycles. The Bertz CT molecular complexity index is 1120. The summed E-state index contributed by atoms with van der Waals surface area (Å²) in [5, 5.41) is 7.25. The quantitative estimate of drug-likeness (QED) is 0.620. The number of rotatable bonds is 7. The zero-order valence-corrected chi connectivity index (χ0v) is 18.3. The molecule has 0 unspecified atom stereocenters. The fourth-order valence-corrected chi connectivity index (χ4v) is 3.89. The van der Waals surface area contributed by atoms with E-state index in [1.165, 1.54) is 35.7 Å². The maximum Gasteiger partial charge on any atom is 0.267 e. The number of anilines is 1. The van der Waals surface area contributed by atoms with Crippen molar-refractivity contribution in [2.45, 2.75) is 32.4 Å². The number of hydrogen-bond donors (Lipinski definition) is 1. The van der Waals surface area contributed by atoms with Crippen LogP contribution in [0, 0.1) is 0 Å². The van der Waals surface area contributed by atoms with Crippen molar-refractivity contribution in [2.24, 2.45) is 0 Å². The third kappa shape index (κ3) is 5.35. The molecule has 0 atom stereocenters. The minimum absolute atomic E-state index is 0.136. The van der Waals surface area contributed by atoms with Crippen molar-refractivity contribution in [2.75, 3.05) is 25.1 Å². The number of piperidine rings is 1. The van der Waals surface area contributed by atoms with Crippen LogP contribution in [0.3, 0.4) is 0 Å². The van der Waals surface area contributed by atoms with Crippen LogP contribution in [0.25, 0.3) is 11.3 Å². The number of nitrogens with one attached hydrogen (secondary N) is 1. The summed E-state index contributed by atoms with van der Waals surface area (Å²) < 4.78 is 6.40. The summed E-state index contributed by atoms with van der Waals surface area (Å²) in [6.45, 7) is 2.39. The lowest BCUT2D eigenvalue weighted by molar-refractivity contribution is -0.122. The second-order valence-electron chi connectivity index (χ2n) is 7.94. The SMILES string of the molecule is COc1cccc(CNC(=O)Cn2nc(-c3ccc(N4CCCCC4)cc3)ccc2=O)c1. The van der Waals surface area contributed by atoms with E-state index >= 15 is 0 Å². The van der Waals surface area contributed by atoms with Crippen LogP contribution in [0.4, 0.5) is 5.69 Å². The van der Waals surface area contributed by atoms with E-state index in [1.54, 1.807) is 13.2 Å². The van der Waals surface area contributed by atoms with Crippen LogP contribution in [0.15, 0.2) is 65.5 Å². The van der Waals surface area contributed by atoms with Crippen LogP contribution < -0.4 is 20.5 Å². The first-order chi connectivity index (χ1) is 15.6. The monoisotopic (exact) mass is 432 g/mol. The fraction of sp³-hybridized carbons (Fsp3) is 0.320. The summed E-state index contributed by atoms with van der Waals surface area (Å²) in [7, 11) is 1.60. The predicted octanol–water partition coefficient (Wildman–Crippen LogP) is 3.23. The molecule has 7 nitrogen and oxygen atoms in total. The van der Waals surface area contributed by atoms with Crippen molar-refractivity contribution < 1.29 is 9.53 Å². The summed E-state index contributed by atoms with van der Waals surface area (Å²) in [6.07, 6.45) is 3.76. The zero-order valence-electron chi connectivity index (χ0n) is 18.3. The maximum absolute atomic E-state index is 12.4. The minimum atomic E-state index is -0.310. The Morgan fingerprint density at radius 3 is 2.56 bits per heavy atom. The van der Waals surface area contributed by atoms with Gasteiger partial charge in [-0.2, -0.15) is 5.10 Å². The van der Waals surface area contributed by atoms with Gasteiger partial charge in [-0.25, -0.2) is 4.68 Å². The van der Waals surface area contributed by atoms with Crippen molar-refractivity contribution in [1.82, 2.24) is 15.1 Å². The van der Waals surface area contributed by atoms with Crippen molar-refractivity contribution in [3.63, 3.8) is 0 Å². The van der Waals surface area contributed by atoms with E-state index in [9.17, 15) is 9.59 Å². The van der Waals surface area contributed by atoms with E-state index in [4.69, 9.17) is 4.74 Å². The number of aromatic nitrogens is 2. The molecule has 1 saturated heterocycles. The van der Waals surface area contributed by atoms with E-state index in [0.29, 0.717) is 12.2 Å². The molecular weight excluding hydrogens is 404 g/mol. The Morgan fingerprint density at radius 1 is 1.03 bits per heavy atom. The summed E-state index contributed by atoms with van der Waals surface area (Å²) >= 11 is 0. The number of amides is 1. The number of nitrogens with zero attached hydrogens (tertiary/aromatic N) is 3. The van der Waals surface area contributed by atoms with Gasteiger partial charge in [0.05, 0.1) is 12.8 Å². The highest BCUT2D eigenvalue weighted by Gasteiger charge is 2.12. The van der Waals surface area contributed by atoms with Gasteiger partial charge in [0.2, 0.25) is 5.91 Å². The van der Waals surface area contributed by atoms with Gasteiger partial charge in [0.25, 0.3) is 5.56 Å². The van der Waals surface area contributed by atoms with Gasteiger partial charge in [-0.1, -0.05) is 24.3 Å².